The SMILES string of the molecule is ONc1nc(OC(C(F)(F)F)C(F)(F)F)nc(OC(C(F)(F)F)C(F)(F)F)n1. The summed E-state index contributed by atoms with van der Waals surface area (Å²) in [5.74, 6) is -1.48. The number of ether oxygens (including phenoxy) is 2. The summed E-state index contributed by atoms with van der Waals surface area (Å²) >= 11 is 0. The summed E-state index contributed by atoms with van der Waals surface area (Å²) < 4.78 is 156. The highest BCUT2D eigenvalue weighted by Crippen LogP contribution is 2.38. The Labute approximate surface area is 144 Å². The minimum atomic E-state index is -6.13. The predicted octanol–water partition coefficient (Wildman–Crippen LogP) is 3.42. The maximum absolute atomic E-state index is 12.4. The van der Waals surface area contributed by atoms with Crippen molar-refractivity contribution < 1.29 is 67.4 Å². The van der Waals surface area contributed by atoms with Crippen LogP contribution in [-0.2, 0) is 0 Å². The van der Waals surface area contributed by atoms with Gasteiger partial charge in [0.2, 0.25) is 0 Å². The van der Waals surface area contributed by atoms with Crippen molar-refractivity contribution in [3.05, 3.63) is 0 Å². The number of anilines is 1. The molecule has 19 heteroatoms. The van der Waals surface area contributed by atoms with E-state index in [9.17, 15) is 52.7 Å². The summed E-state index contributed by atoms with van der Waals surface area (Å²) in [7, 11) is 0. The van der Waals surface area contributed by atoms with Crippen molar-refractivity contribution in [2.45, 2.75) is 36.9 Å². The molecule has 0 aliphatic rings. The maximum Gasteiger partial charge on any atom is 0.434 e. The monoisotopic (exact) mass is 444 g/mol. The molecule has 0 atom stereocenters. The number of hydrogen-bond donors (Lipinski definition) is 2. The average Bonchev–Trinajstić information content (AvgIpc) is 2.45. The first-order valence-electron chi connectivity index (χ1n) is 6.12. The molecule has 0 spiro atoms. The van der Waals surface area contributed by atoms with E-state index in [0.717, 1.165) is 5.48 Å². The Morgan fingerprint density at radius 2 is 0.893 bits per heavy atom. The molecule has 0 aliphatic carbocycles. The van der Waals surface area contributed by atoms with Crippen molar-refractivity contribution >= 4 is 5.95 Å². The van der Waals surface area contributed by atoms with Crippen LogP contribution in [0.3, 0.4) is 0 Å². The van der Waals surface area contributed by atoms with E-state index in [0.29, 0.717) is 0 Å². The molecule has 0 saturated heterocycles. The van der Waals surface area contributed by atoms with Gasteiger partial charge in [-0.25, -0.2) is 5.48 Å². The Morgan fingerprint density at radius 1 is 0.607 bits per heavy atom. The Balaban J connectivity index is 3.32. The fraction of sp³-hybridized carbons (Fsp3) is 0.667. The van der Waals surface area contributed by atoms with Crippen molar-refractivity contribution in [1.29, 1.82) is 0 Å². The van der Waals surface area contributed by atoms with E-state index in [-0.39, 0.29) is 0 Å². The molecule has 7 nitrogen and oxygen atoms in total. The van der Waals surface area contributed by atoms with E-state index in [4.69, 9.17) is 5.21 Å². The summed E-state index contributed by atoms with van der Waals surface area (Å²) in [6, 6.07) is -4.10. The predicted molar refractivity (Wildman–Crippen MR) is 58.3 cm³/mol. The van der Waals surface area contributed by atoms with Crippen LogP contribution < -0.4 is 15.0 Å². The van der Waals surface area contributed by atoms with Crippen molar-refractivity contribution in [3.8, 4) is 12.0 Å². The van der Waals surface area contributed by atoms with Crippen LogP contribution in [0.25, 0.3) is 0 Å². The number of halogens is 12. The third-order valence-electron chi connectivity index (χ3n) is 2.33. The normalized spacial score (nSPS) is 13.8. The molecule has 0 unspecified atom stereocenters. The number of nitrogens with one attached hydrogen (secondary N) is 1. The van der Waals surface area contributed by atoms with Gasteiger partial charge in [0.1, 0.15) is 0 Å². The van der Waals surface area contributed by atoms with Gasteiger partial charge in [-0.15, -0.1) is 4.98 Å². The molecule has 1 aromatic rings. The van der Waals surface area contributed by atoms with Crippen molar-refractivity contribution in [3.63, 3.8) is 0 Å². The number of nitrogens with zero attached hydrogens (tertiary/aromatic N) is 3. The highest BCUT2D eigenvalue weighted by atomic mass is 19.4. The highest BCUT2D eigenvalue weighted by Gasteiger charge is 2.61. The van der Waals surface area contributed by atoms with Crippen LogP contribution in [-0.4, -0.2) is 57.1 Å². The van der Waals surface area contributed by atoms with E-state index < -0.39 is 54.9 Å². The largest absolute Gasteiger partial charge is 0.440 e. The number of aromatic nitrogens is 3. The van der Waals surface area contributed by atoms with E-state index in [2.05, 4.69) is 24.4 Å². The lowest BCUT2D eigenvalue weighted by molar-refractivity contribution is -0.302. The molecule has 0 aliphatic heterocycles. The fourth-order valence-corrected chi connectivity index (χ4v) is 1.34. The minimum absolute atomic E-state index is 0.862. The molecule has 28 heavy (non-hydrogen) atoms. The molecule has 162 valence electrons. The van der Waals surface area contributed by atoms with E-state index in [1.807, 2.05) is 0 Å². The molecule has 1 rings (SSSR count). The molecule has 0 radical (unpaired) electrons. The van der Waals surface area contributed by atoms with Gasteiger partial charge in [0.15, 0.2) is 0 Å². The lowest BCUT2D eigenvalue weighted by atomic mass is 10.3. The van der Waals surface area contributed by atoms with E-state index >= 15 is 0 Å². The zero-order chi connectivity index (χ0) is 22.1. The van der Waals surface area contributed by atoms with Crippen LogP contribution >= 0.6 is 0 Å². The van der Waals surface area contributed by atoms with Gasteiger partial charge in [0.25, 0.3) is 18.2 Å². The lowest BCUT2D eigenvalue weighted by Crippen LogP contribution is -2.47. The zero-order valence-electron chi connectivity index (χ0n) is 12.3. The molecule has 0 bridgehead atoms. The fourth-order valence-electron chi connectivity index (χ4n) is 1.34. The number of alkyl halides is 12. The molecular weight excluding hydrogens is 440 g/mol. The van der Waals surface area contributed by atoms with Crippen LogP contribution in [0.4, 0.5) is 58.6 Å². The quantitative estimate of drug-likeness (QED) is 0.532. The Bertz CT molecular complexity index is 590. The number of rotatable bonds is 5. The summed E-state index contributed by atoms with van der Waals surface area (Å²) in [6.07, 6.45) is -33.7. The van der Waals surface area contributed by atoms with Gasteiger partial charge in [-0.2, -0.15) is 62.7 Å². The van der Waals surface area contributed by atoms with Gasteiger partial charge in [-0.3, -0.25) is 5.21 Å². The zero-order valence-corrected chi connectivity index (χ0v) is 12.3. The van der Waals surface area contributed by atoms with Gasteiger partial charge in [-0.05, 0) is 0 Å². The first-order valence-corrected chi connectivity index (χ1v) is 6.12. The first-order chi connectivity index (χ1) is 12.4. The van der Waals surface area contributed by atoms with Crippen molar-refractivity contribution in [2.24, 2.45) is 0 Å². The maximum atomic E-state index is 12.4. The van der Waals surface area contributed by atoms with Crippen LogP contribution in [0.15, 0.2) is 0 Å². The Morgan fingerprint density at radius 3 is 1.11 bits per heavy atom. The number of hydrogen-bond acceptors (Lipinski definition) is 7. The second-order valence-corrected chi connectivity index (χ2v) is 4.50. The van der Waals surface area contributed by atoms with Gasteiger partial charge >= 0.3 is 36.7 Å². The lowest BCUT2D eigenvalue weighted by Gasteiger charge is -2.24. The van der Waals surface area contributed by atoms with Crippen LogP contribution in [0.1, 0.15) is 0 Å². The van der Waals surface area contributed by atoms with E-state index in [1.54, 1.807) is 0 Å². The molecule has 0 aromatic carbocycles. The molecule has 1 aromatic heterocycles. The van der Waals surface area contributed by atoms with Gasteiger partial charge in [0, 0.05) is 0 Å². The Kier molecular flexibility index (Phi) is 6.32. The van der Waals surface area contributed by atoms with Gasteiger partial charge in [0.05, 0.1) is 0 Å². The Hall–Kier alpha value is -2.47. The van der Waals surface area contributed by atoms with Crippen LogP contribution in [0, 0.1) is 0 Å². The third kappa shape index (κ3) is 6.30. The molecule has 0 fully saturated rings. The van der Waals surface area contributed by atoms with E-state index in [1.165, 1.54) is 0 Å². The minimum Gasteiger partial charge on any atom is -0.440 e. The topological polar surface area (TPSA) is 89.4 Å². The summed E-state index contributed by atoms with van der Waals surface area (Å²) in [5, 5.41) is 8.49. The second kappa shape index (κ2) is 7.51. The van der Waals surface area contributed by atoms with Crippen LogP contribution in [0.5, 0.6) is 12.0 Å². The van der Waals surface area contributed by atoms with Crippen LogP contribution in [0.2, 0.25) is 0 Å². The molecule has 2 N–H and O–H groups in total. The molecular formula is C9H4F12N4O3. The molecule has 0 saturated carbocycles. The third-order valence-corrected chi connectivity index (χ3v) is 2.33. The smallest absolute Gasteiger partial charge is 0.434 e. The van der Waals surface area contributed by atoms with Crippen molar-refractivity contribution in [1.82, 2.24) is 15.0 Å². The average molecular weight is 444 g/mol. The molecule has 1 heterocycles. The van der Waals surface area contributed by atoms with Gasteiger partial charge < -0.3 is 9.47 Å². The first kappa shape index (κ1) is 23.6. The highest BCUT2D eigenvalue weighted by molar-refractivity contribution is 5.24. The standard InChI is InChI=1S/C9H4F12N4O3/c10-6(11,12)1(7(13,14)15)27-4-22-3(25-26)23-5(24-4)28-2(8(16,17)18)9(19,20)21/h1-2,26H,(H,22,23,24,25). The van der Waals surface area contributed by atoms with Gasteiger partial charge in [-0.1, -0.05) is 0 Å². The summed E-state index contributed by atoms with van der Waals surface area (Å²) in [4.78, 5) is 7.60. The second-order valence-electron chi connectivity index (χ2n) is 4.50. The van der Waals surface area contributed by atoms with Crippen molar-refractivity contribution in [2.75, 3.05) is 5.48 Å². The molecule has 0 amide bonds. The summed E-state index contributed by atoms with van der Waals surface area (Å²) in [6.45, 7) is 0. The summed E-state index contributed by atoms with van der Waals surface area (Å²) in [5.41, 5.74) is 0.862.